The van der Waals surface area contributed by atoms with Crippen molar-refractivity contribution in [3.63, 3.8) is 0 Å². The Balaban J connectivity index is 2.82. The number of primary sulfonamides is 1. The number of rotatable bonds is 8. The molecule has 0 radical (unpaired) electrons. The SMILES string of the molecule is CCCC(COc1ccc(C)nc1[N+](=O)[O-])CS(N)(=O)=O. The van der Waals surface area contributed by atoms with Crippen LogP contribution in [-0.4, -0.2) is 30.7 Å². The van der Waals surface area contributed by atoms with E-state index in [1.165, 1.54) is 6.07 Å². The predicted octanol–water partition coefficient (Wildman–Crippen LogP) is 1.38. The Morgan fingerprint density at radius 3 is 2.67 bits per heavy atom. The van der Waals surface area contributed by atoms with Gasteiger partial charge in [-0.2, -0.15) is 0 Å². The van der Waals surface area contributed by atoms with E-state index in [-0.39, 0.29) is 29.8 Å². The predicted molar refractivity (Wildman–Crippen MR) is 77.5 cm³/mol. The molecule has 0 saturated heterocycles. The average molecular weight is 317 g/mol. The Hall–Kier alpha value is -1.74. The summed E-state index contributed by atoms with van der Waals surface area (Å²) >= 11 is 0. The molecular formula is C12H19N3O5S. The Bertz CT molecular complexity index is 603. The first-order valence-electron chi connectivity index (χ1n) is 6.48. The molecule has 21 heavy (non-hydrogen) atoms. The lowest BCUT2D eigenvalue weighted by Gasteiger charge is -2.15. The van der Waals surface area contributed by atoms with Gasteiger partial charge in [0.05, 0.1) is 12.4 Å². The molecule has 0 aliphatic heterocycles. The lowest BCUT2D eigenvalue weighted by Crippen LogP contribution is -2.27. The van der Waals surface area contributed by atoms with Gasteiger partial charge in [0.1, 0.15) is 5.69 Å². The van der Waals surface area contributed by atoms with Gasteiger partial charge in [0, 0.05) is 12.8 Å². The van der Waals surface area contributed by atoms with Crippen LogP contribution in [0.5, 0.6) is 5.75 Å². The highest BCUT2D eigenvalue weighted by Gasteiger charge is 2.21. The van der Waals surface area contributed by atoms with E-state index in [0.717, 1.165) is 6.42 Å². The Kier molecular flexibility index (Phi) is 6.03. The number of nitrogens with two attached hydrogens (primary N) is 1. The summed E-state index contributed by atoms with van der Waals surface area (Å²) in [5.41, 5.74) is 0.503. The third kappa shape index (κ3) is 6.05. The van der Waals surface area contributed by atoms with Gasteiger partial charge in [0.25, 0.3) is 0 Å². The van der Waals surface area contributed by atoms with Gasteiger partial charge in [0.15, 0.2) is 0 Å². The highest BCUT2D eigenvalue weighted by Crippen LogP contribution is 2.25. The fraction of sp³-hybridized carbons (Fsp3) is 0.583. The smallest absolute Gasteiger partial charge is 0.406 e. The standard InChI is InChI=1S/C12H19N3O5S/c1-3-4-10(8-21(13,18)19)7-20-11-6-5-9(2)14-12(11)15(16)17/h5-6,10H,3-4,7-8H2,1-2H3,(H2,13,18,19). The maximum absolute atomic E-state index is 11.1. The summed E-state index contributed by atoms with van der Waals surface area (Å²) in [6.45, 7) is 3.58. The number of hydrogen-bond donors (Lipinski definition) is 1. The minimum absolute atomic E-state index is 0.0288. The molecule has 1 aromatic rings. The molecule has 9 heteroatoms. The van der Waals surface area contributed by atoms with E-state index in [1.54, 1.807) is 13.0 Å². The van der Waals surface area contributed by atoms with Crippen LogP contribution in [0.25, 0.3) is 0 Å². The number of ether oxygens (including phenoxy) is 1. The second kappa shape index (κ2) is 7.32. The topological polar surface area (TPSA) is 125 Å². The molecule has 0 aromatic carbocycles. The summed E-state index contributed by atoms with van der Waals surface area (Å²) in [5, 5.41) is 16.0. The van der Waals surface area contributed by atoms with Gasteiger partial charge in [-0.05, 0) is 28.5 Å². The zero-order valence-electron chi connectivity index (χ0n) is 12.0. The van der Waals surface area contributed by atoms with Crippen molar-refractivity contribution in [1.82, 2.24) is 4.98 Å². The molecule has 0 aliphatic rings. The summed E-state index contributed by atoms with van der Waals surface area (Å²) in [6.07, 6.45) is 1.36. The fourth-order valence-electron chi connectivity index (χ4n) is 1.93. The van der Waals surface area contributed by atoms with Crippen molar-refractivity contribution < 1.29 is 18.1 Å². The minimum Gasteiger partial charge on any atom is -0.485 e. The van der Waals surface area contributed by atoms with Gasteiger partial charge in [-0.1, -0.05) is 13.3 Å². The Morgan fingerprint density at radius 2 is 2.14 bits per heavy atom. The molecule has 1 rings (SSSR count). The summed E-state index contributed by atoms with van der Waals surface area (Å²) in [7, 11) is -3.61. The molecular weight excluding hydrogens is 298 g/mol. The van der Waals surface area contributed by atoms with E-state index in [0.29, 0.717) is 12.1 Å². The first-order valence-corrected chi connectivity index (χ1v) is 8.19. The number of sulfonamides is 1. The van der Waals surface area contributed by atoms with Crippen molar-refractivity contribution in [2.45, 2.75) is 26.7 Å². The lowest BCUT2D eigenvalue weighted by atomic mass is 10.1. The monoisotopic (exact) mass is 317 g/mol. The van der Waals surface area contributed by atoms with Gasteiger partial charge in [-0.3, -0.25) is 0 Å². The molecule has 0 fully saturated rings. The van der Waals surface area contributed by atoms with E-state index in [4.69, 9.17) is 9.88 Å². The maximum Gasteiger partial charge on any atom is 0.406 e. The van der Waals surface area contributed by atoms with Crippen molar-refractivity contribution in [2.75, 3.05) is 12.4 Å². The van der Waals surface area contributed by atoms with E-state index in [1.807, 2.05) is 6.92 Å². The molecule has 1 heterocycles. The lowest BCUT2D eigenvalue weighted by molar-refractivity contribution is -0.390. The van der Waals surface area contributed by atoms with Crippen molar-refractivity contribution in [2.24, 2.45) is 11.1 Å². The molecule has 8 nitrogen and oxygen atoms in total. The van der Waals surface area contributed by atoms with Crippen molar-refractivity contribution in [1.29, 1.82) is 0 Å². The highest BCUT2D eigenvalue weighted by atomic mass is 32.2. The minimum atomic E-state index is -3.61. The summed E-state index contributed by atoms with van der Waals surface area (Å²) in [4.78, 5) is 14.1. The van der Waals surface area contributed by atoms with Gasteiger partial charge in [0.2, 0.25) is 15.8 Å². The average Bonchev–Trinajstić information content (AvgIpc) is 2.35. The zero-order chi connectivity index (χ0) is 16.0. The second-order valence-corrected chi connectivity index (χ2v) is 6.49. The summed E-state index contributed by atoms with van der Waals surface area (Å²) < 4.78 is 27.7. The van der Waals surface area contributed by atoms with Gasteiger partial charge < -0.3 is 14.9 Å². The van der Waals surface area contributed by atoms with Crippen LogP contribution in [-0.2, 0) is 10.0 Å². The van der Waals surface area contributed by atoms with Crippen LogP contribution in [0.15, 0.2) is 12.1 Å². The third-order valence-corrected chi connectivity index (χ3v) is 3.73. The number of nitrogens with zero attached hydrogens (tertiary/aromatic N) is 2. The molecule has 0 bridgehead atoms. The Morgan fingerprint density at radius 1 is 1.48 bits per heavy atom. The van der Waals surface area contributed by atoms with Gasteiger partial charge >= 0.3 is 5.82 Å². The van der Waals surface area contributed by atoms with Crippen LogP contribution >= 0.6 is 0 Å². The fourth-order valence-corrected chi connectivity index (χ4v) is 2.85. The van der Waals surface area contributed by atoms with Crippen LogP contribution in [0, 0.1) is 23.0 Å². The van der Waals surface area contributed by atoms with Crippen LogP contribution in [0.3, 0.4) is 0 Å². The quantitative estimate of drug-likeness (QED) is 0.570. The van der Waals surface area contributed by atoms with E-state index < -0.39 is 14.9 Å². The van der Waals surface area contributed by atoms with Crippen molar-refractivity contribution in [3.8, 4) is 5.75 Å². The molecule has 0 amide bonds. The third-order valence-electron chi connectivity index (χ3n) is 2.79. The molecule has 0 saturated carbocycles. The molecule has 2 N–H and O–H groups in total. The van der Waals surface area contributed by atoms with E-state index in [2.05, 4.69) is 4.98 Å². The van der Waals surface area contributed by atoms with Crippen LogP contribution in [0.4, 0.5) is 5.82 Å². The highest BCUT2D eigenvalue weighted by molar-refractivity contribution is 7.89. The largest absolute Gasteiger partial charge is 0.485 e. The number of hydrogen-bond acceptors (Lipinski definition) is 6. The molecule has 1 aromatic heterocycles. The summed E-state index contributed by atoms with van der Waals surface area (Å²) in [5.74, 6) is -0.874. The number of pyridine rings is 1. The molecule has 0 spiro atoms. The van der Waals surface area contributed by atoms with Crippen LogP contribution in [0.2, 0.25) is 0 Å². The Labute approximate surface area is 123 Å². The first-order chi connectivity index (χ1) is 9.73. The number of aryl methyl sites for hydroxylation is 1. The molecule has 118 valence electrons. The zero-order valence-corrected chi connectivity index (χ0v) is 12.8. The normalized spacial score (nSPS) is 12.9. The number of nitro groups is 1. The molecule has 1 unspecified atom stereocenters. The van der Waals surface area contributed by atoms with Crippen molar-refractivity contribution >= 4 is 15.8 Å². The maximum atomic E-state index is 11.1. The van der Waals surface area contributed by atoms with Gasteiger partial charge in [-0.15, -0.1) is 0 Å². The van der Waals surface area contributed by atoms with Crippen molar-refractivity contribution in [3.05, 3.63) is 27.9 Å². The molecule has 1 atom stereocenters. The summed E-state index contributed by atoms with van der Waals surface area (Å²) in [6, 6.07) is 3.05. The molecule has 0 aliphatic carbocycles. The van der Waals surface area contributed by atoms with Crippen LogP contribution < -0.4 is 9.88 Å². The number of aromatic nitrogens is 1. The second-order valence-electron chi connectivity index (χ2n) is 4.83. The van der Waals surface area contributed by atoms with E-state index >= 15 is 0 Å². The van der Waals surface area contributed by atoms with Gasteiger partial charge in [-0.25, -0.2) is 13.6 Å². The first kappa shape index (κ1) is 17.3. The van der Waals surface area contributed by atoms with Crippen LogP contribution in [0.1, 0.15) is 25.5 Å². The van der Waals surface area contributed by atoms with E-state index in [9.17, 15) is 18.5 Å².